The number of fused-ring (bicyclic) bond motifs is 1. The number of nitrogens with zero attached hydrogens (tertiary/aromatic N) is 4. The van der Waals surface area contributed by atoms with Crippen LogP contribution in [-0.2, 0) is 6.42 Å². The number of halogens is 2. The fraction of sp³-hybridized carbons (Fsp3) is 0.360. The summed E-state index contributed by atoms with van der Waals surface area (Å²) in [7, 11) is 0. The zero-order valence-corrected chi connectivity index (χ0v) is 19.5. The van der Waals surface area contributed by atoms with E-state index in [9.17, 15) is 5.11 Å². The van der Waals surface area contributed by atoms with Gasteiger partial charge in [0.2, 0.25) is 11.8 Å². The van der Waals surface area contributed by atoms with Gasteiger partial charge in [-0.2, -0.15) is 0 Å². The number of pyridine rings is 1. The number of nitrogens with one attached hydrogen (secondary N) is 2. The summed E-state index contributed by atoms with van der Waals surface area (Å²) >= 11 is 0. The molecule has 0 amide bonds. The molecular formula is C25H24F2N6O3. The highest BCUT2D eigenvalue weighted by Gasteiger charge is 2.30. The molecule has 0 spiro atoms. The van der Waals surface area contributed by atoms with Crippen LogP contribution in [-0.4, -0.2) is 50.8 Å². The van der Waals surface area contributed by atoms with Crippen molar-refractivity contribution in [1.29, 1.82) is 0 Å². The highest BCUT2D eigenvalue weighted by molar-refractivity contribution is 5.96. The molecule has 4 aromatic rings. The van der Waals surface area contributed by atoms with E-state index in [0.717, 1.165) is 12.8 Å². The average molecular weight is 495 g/mol. The van der Waals surface area contributed by atoms with Gasteiger partial charge in [0.1, 0.15) is 17.2 Å². The van der Waals surface area contributed by atoms with Crippen molar-refractivity contribution in [3.05, 3.63) is 53.7 Å². The van der Waals surface area contributed by atoms with Crippen molar-refractivity contribution in [3.8, 4) is 23.0 Å². The molecule has 9 nitrogen and oxygen atoms in total. The number of aliphatic imine (C=N–C) groups is 1. The standard InChI is InChI=1S/C25H24F2N6O3/c1-25(12-34)10-30-19(31-11-25)8-13-6-16(26)21(17(27)7-13)35-18-4-5-28-22-20(18)15(9-29-22)24-33-32-23(36-24)14-2-3-14/h4-7,9,14,34H,2-3,8,10-12H2,1H3,(H,28,29)(H,30,31). The maximum atomic E-state index is 15.1. The third-order valence-corrected chi connectivity index (χ3v) is 6.53. The molecule has 2 aliphatic rings. The predicted molar refractivity (Wildman–Crippen MR) is 127 cm³/mol. The number of hydrogen-bond donors (Lipinski definition) is 3. The van der Waals surface area contributed by atoms with E-state index in [2.05, 4.69) is 30.5 Å². The van der Waals surface area contributed by atoms with Crippen molar-refractivity contribution in [1.82, 2.24) is 25.5 Å². The first-order valence-corrected chi connectivity index (χ1v) is 11.8. The number of aromatic nitrogens is 4. The molecule has 186 valence electrons. The number of benzene rings is 1. The van der Waals surface area contributed by atoms with Crippen molar-refractivity contribution < 1.29 is 23.0 Å². The largest absolute Gasteiger partial charge is 0.450 e. The predicted octanol–water partition coefficient (Wildman–Crippen LogP) is 4.10. The van der Waals surface area contributed by atoms with Gasteiger partial charge in [-0.25, -0.2) is 13.8 Å². The molecule has 1 atom stereocenters. The average Bonchev–Trinajstić information content (AvgIpc) is 3.44. The number of amidine groups is 1. The summed E-state index contributed by atoms with van der Waals surface area (Å²) in [5, 5.41) is 21.3. The molecule has 1 saturated carbocycles. The molecule has 0 radical (unpaired) electrons. The van der Waals surface area contributed by atoms with Gasteiger partial charge in [-0.1, -0.05) is 6.92 Å². The highest BCUT2D eigenvalue weighted by atomic mass is 19.1. The summed E-state index contributed by atoms with van der Waals surface area (Å²) in [6, 6.07) is 4.00. The quantitative estimate of drug-likeness (QED) is 0.354. The number of rotatable bonds is 7. The third-order valence-electron chi connectivity index (χ3n) is 6.53. The van der Waals surface area contributed by atoms with Gasteiger partial charge >= 0.3 is 0 Å². The molecule has 0 saturated heterocycles. The molecule has 1 aliphatic carbocycles. The van der Waals surface area contributed by atoms with E-state index < -0.39 is 17.4 Å². The zero-order chi connectivity index (χ0) is 24.9. The van der Waals surface area contributed by atoms with Crippen LogP contribution in [0.3, 0.4) is 0 Å². The van der Waals surface area contributed by atoms with E-state index in [1.807, 2.05) is 6.92 Å². The summed E-state index contributed by atoms with van der Waals surface area (Å²) in [6.45, 7) is 2.90. The van der Waals surface area contributed by atoms with Gasteiger partial charge in [-0.05, 0) is 36.6 Å². The van der Waals surface area contributed by atoms with Crippen LogP contribution in [0.2, 0.25) is 0 Å². The minimum absolute atomic E-state index is 0.00534. The van der Waals surface area contributed by atoms with Crippen LogP contribution in [0.5, 0.6) is 11.5 Å². The SMILES string of the molecule is CC1(CO)CN=C(Cc2cc(F)c(Oc3ccnc4[nH]cc(-c5nnc(C6CC6)o5)c34)c(F)c2)NC1. The number of aliphatic hydroxyl groups is 1. The maximum Gasteiger partial charge on any atom is 0.250 e. The Labute approximate surface area is 204 Å². The van der Waals surface area contributed by atoms with Crippen molar-refractivity contribution in [2.45, 2.75) is 32.1 Å². The molecule has 4 heterocycles. The zero-order valence-electron chi connectivity index (χ0n) is 19.5. The number of aromatic amines is 1. The Kier molecular flexibility index (Phi) is 5.44. The molecule has 11 heteroatoms. The van der Waals surface area contributed by atoms with Crippen molar-refractivity contribution in [2.75, 3.05) is 19.7 Å². The summed E-state index contributed by atoms with van der Waals surface area (Å²) in [6.07, 6.45) is 5.41. The molecule has 3 aromatic heterocycles. The number of ether oxygens (including phenoxy) is 1. The van der Waals surface area contributed by atoms with E-state index in [1.54, 1.807) is 6.20 Å². The molecule has 1 unspecified atom stereocenters. The molecule has 0 bridgehead atoms. The molecule has 1 aromatic carbocycles. The van der Waals surface area contributed by atoms with E-state index in [1.165, 1.54) is 24.4 Å². The fourth-order valence-corrected chi connectivity index (χ4v) is 4.17. The Morgan fingerprint density at radius 1 is 1.22 bits per heavy atom. The lowest BCUT2D eigenvalue weighted by Crippen LogP contribution is -2.45. The van der Waals surface area contributed by atoms with Crippen molar-refractivity contribution >= 4 is 16.9 Å². The molecule has 3 N–H and O–H groups in total. The van der Waals surface area contributed by atoms with Crippen LogP contribution in [0.4, 0.5) is 8.78 Å². The number of H-pyrrole nitrogens is 1. The first-order valence-electron chi connectivity index (χ1n) is 11.8. The van der Waals surface area contributed by atoms with E-state index in [-0.39, 0.29) is 30.1 Å². The highest BCUT2D eigenvalue weighted by Crippen LogP contribution is 2.42. The number of aliphatic hydroxyl groups excluding tert-OH is 1. The Morgan fingerprint density at radius 3 is 2.72 bits per heavy atom. The minimum Gasteiger partial charge on any atom is -0.450 e. The van der Waals surface area contributed by atoms with Gasteiger partial charge in [-0.15, -0.1) is 10.2 Å². The Hall–Kier alpha value is -3.86. The van der Waals surface area contributed by atoms with Gasteiger partial charge in [0.05, 0.1) is 24.1 Å². The van der Waals surface area contributed by atoms with Crippen LogP contribution in [0, 0.1) is 17.0 Å². The lowest BCUT2D eigenvalue weighted by Gasteiger charge is -2.31. The van der Waals surface area contributed by atoms with Gasteiger partial charge in [0.15, 0.2) is 17.4 Å². The second-order valence-electron chi connectivity index (χ2n) is 9.71. The van der Waals surface area contributed by atoms with Crippen LogP contribution in [0.25, 0.3) is 22.5 Å². The maximum absolute atomic E-state index is 15.1. The van der Waals surface area contributed by atoms with Crippen LogP contribution in [0.1, 0.15) is 37.1 Å². The van der Waals surface area contributed by atoms with Gasteiger partial charge < -0.3 is 24.6 Å². The van der Waals surface area contributed by atoms with Gasteiger partial charge in [0.25, 0.3) is 0 Å². The topological polar surface area (TPSA) is 121 Å². The first-order chi connectivity index (χ1) is 17.4. The van der Waals surface area contributed by atoms with E-state index in [4.69, 9.17) is 9.15 Å². The minimum atomic E-state index is -0.836. The summed E-state index contributed by atoms with van der Waals surface area (Å²) in [4.78, 5) is 11.7. The second kappa shape index (κ2) is 8.66. The van der Waals surface area contributed by atoms with Crippen molar-refractivity contribution in [3.63, 3.8) is 0 Å². The molecule has 36 heavy (non-hydrogen) atoms. The Bertz CT molecular complexity index is 1450. The molecule has 6 rings (SSSR count). The first kappa shape index (κ1) is 22.6. The summed E-state index contributed by atoms with van der Waals surface area (Å²) in [5.41, 5.74) is 1.08. The normalized spacial score (nSPS) is 19.8. The lowest BCUT2D eigenvalue weighted by atomic mass is 9.90. The van der Waals surface area contributed by atoms with Crippen LogP contribution < -0.4 is 10.1 Å². The molecule has 1 aliphatic heterocycles. The summed E-state index contributed by atoms with van der Waals surface area (Å²) in [5.74, 6) is -0.211. The van der Waals surface area contributed by atoms with Crippen molar-refractivity contribution in [2.24, 2.45) is 10.4 Å². The van der Waals surface area contributed by atoms with Crippen LogP contribution >= 0.6 is 0 Å². The van der Waals surface area contributed by atoms with Gasteiger partial charge in [0, 0.05) is 36.7 Å². The number of hydrogen-bond acceptors (Lipinski definition) is 8. The van der Waals surface area contributed by atoms with E-state index in [0.29, 0.717) is 52.9 Å². The summed E-state index contributed by atoms with van der Waals surface area (Å²) < 4.78 is 41.7. The van der Waals surface area contributed by atoms with Gasteiger partial charge in [-0.3, -0.25) is 4.99 Å². The smallest absolute Gasteiger partial charge is 0.250 e. The Balaban J connectivity index is 1.28. The molecule has 1 fully saturated rings. The lowest BCUT2D eigenvalue weighted by molar-refractivity contribution is 0.148. The Morgan fingerprint density at radius 2 is 2.03 bits per heavy atom. The van der Waals surface area contributed by atoms with Crippen LogP contribution in [0.15, 0.2) is 40.0 Å². The molecular weight excluding hydrogens is 470 g/mol. The fourth-order valence-electron chi connectivity index (χ4n) is 4.17. The third kappa shape index (κ3) is 4.19. The second-order valence-corrected chi connectivity index (χ2v) is 9.71. The monoisotopic (exact) mass is 494 g/mol. The van der Waals surface area contributed by atoms with E-state index >= 15 is 8.78 Å².